The number of rotatable bonds is 10. The van der Waals surface area contributed by atoms with Gasteiger partial charge in [0, 0.05) is 13.1 Å². The van der Waals surface area contributed by atoms with Crippen LogP contribution in [-0.4, -0.2) is 46.0 Å². The van der Waals surface area contributed by atoms with Crippen LogP contribution in [0.2, 0.25) is 0 Å². The molecule has 1 aliphatic heterocycles. The summed E-state index contributed by atoms with van der Waals surface area (Å²) >= 11 is 0. The maximum atomic E-state index is 13.4. The first-order chi connectivity index (χ1) is 17.0. The predicted molar refractivity (Wildman–Crippen MR) is 137 cm³/mol. The summed E-state index contributed by atoms with van der Waals surface area (Å²) in [4.78, 5) is 15.5. The van der Waals surface area contributed by atoms with E-state index in [1.165, 1.54) is 30.5 Å². The quantitative estimate of drug-likeness (QED) is 0.465. The standard InChI is InChI=1S/C27H31N3O4S/c1-34-25-14-12-24(13-15-25)30(35(32,33)26-10-3-2-4-11-26)21-27(31)28-19-22-8-7-9-23(18-22)20-29-16-5-6-17-29/h2-4,7-15,18H,5-6,16-17,19-21H2,1H3,(H,28,31). The Balaban J connectivity index is 1.47. The summed E-state index contributed by atoms with van der Waals surface area (Å²) in [5.74, 6) is 0.217. The highest BCUT2D eigenvalue weighted by Crippen LogP contribution is 2.25. The van der Waals surface area contributed by atoms with Crippen molar-refractivity contribution in [2.75, 3.05) is 31.0 Å². The van der Waals surface area contributed by atoms with Gasteiger partial charge in [0.1, 0.15) is 12.3 Å². The highest BCUT2D eigenvalue weighted by molar-refractivity contribution is 7.92. The lowest BCUT2D eigenvalue weighted by molar-refractivity contribution is -0.119. The Morgan fingerprint density at radius 2 is 1.63 bits per heavy atom. The summed E-state index contributed by atoms with van der Waals surface area (Å²) in [6, 6.07) is 22.9. The smallest absolute Gasteiger partial charge is 0.264 e. The van der Waals surface area contributed by atoms with Crippen molar-refractivity contribution >= 4 is 21.6 Å². The fraction of sp³-hybridized carbons (Fsp3) is 0.296. The Labute approximate surface area is 207 Å². The van der Waals surface area contributed by atoms with Crippen LogP contribution in [0.1, 0.15) is 24.0 Å². The Kier molecular flexibility index (Phi) is 8.05. The largest absolute Gasteiger partial charge is 0.497 e. The molecule has 1 saturated heterocycles. The van der Waals surface area contributed by atoms with Gasteiger partial charge in [-0.15, -0.1) is 0 Å². The topological polar surface area (TPSA) is 79.0 Å². The van der Waals surface area contributed by atoms with Gasteiger partial charge in [0.15, 0.2) is 0 Å². The van der Waals surface area contributed by atoms with Gasteiger partial charge in [-0.05, 0) is 73.5 Å². The number of anilines is 1. The number of amides is 1. The zero-order valence-corrected chi connectivity index (χ0v) is 20.7. The summed E-state index contributed by atoms with van der Waals surface area (Å²) in [7, 11) is -2.40. The zero-order valence-electron chi connectivity index (χ0n) is 19.9. The molecule has 8 heteroatoms. The Hall–Kier alpha value is -3.36. The molecule has 0 unspecified atom stereocenters. The lowest BCUT2D eigenvalue weighted by atomic mass is 10.1. The van der Waals surface area contributed by atoms with Crippen molar-refractivity contribution in [3.05, 3.63) is 90.0 Å². The number of methoxy groups -OCH3 is 1. The van der Waals surface area contributed by atoms with Gasteiger partial charge in [0.05, 0.1) is 17.7 Å². The molecule has 1 N–H and O–H groups in total. The van der Waals surface area contributed by atoms with Gasteiger partial charge >= 0.3 is 0 Å². The van der Waals surface area contributed by atoms with Crippen LogP contribution in [-0.2, 0) is 27.9 Å². The number of carbonyl (C=O) groups excluding carboxylic acids is 1. The van der Waals surface area contributed by atoms with Crippen molar-refractivity contribution in [2.45, 2.75) is 30.8 Å². The summed E-state index contributed by atoms with van der Waals surface area (Å²) in [6.45, 7) is 3.14. The molecule has 3 aromatic rings. The molecule has 0 aromatic heterocycles. The first-order valence-corrected chi connectivity index (χ1v) is 13.2. The van der Waals surface area contributed by atoms with Gasteiger partial charge in [0.2, 0.25) is 5.91 Å². The number of hydrogen-bond acceptors (Lipinski definition) is 5. The third-order valence-electron chi connectivity index (χ3n) is 6.06. The number of likely N-dealkylation sites (tertiary alicyclic amines) is 1. The lowest BCUT2D eigenvalue weighted by Crippen LogP contribution is -2.40. The van der Waals surface area contributed by atoms with Crippen molar-refractivity contribution in [3.63, 3.8) is 0 Å². The molecule has 0 bridgehead atoms. The number of nitrogens with zero attached hydrogens (tertiary/aromatic N) is 2. The Morgan fingerprint density at radius 3 is 2.31 bits per heavy atom. The molecule has 0 radical (unpaired) electrons. The molecule has 1 fully saturated rings. The van der Waals surface area contributed by atoms with Crippen LogP contribution in [0.15, 0.2) is 83.8 Å². The van der Waals surface area contributed by atoms with E-state index in [1.807, 2.05) is 12.1 Å². The third kappa shape index (κ3) is 6.41. The molecule has 4 rings (SSSR count). The van der Waals surface area contributed by atoms with Crippen molar-refractivity contribution in [3.8, 4) is 5.75 Å². The number of ether oxygens (including phenoxy) is 1. The van der Waals surface area contributed by atoms with Crippen molar-refractivity contribution in [1.82, 2.24) is 10.2 Å². The van der Waals surface area contributed by atoms with Gasteiger partial charge in [-0.1, -0.05) is 42.5 Å². The first-order valence-electron chi connectivity index (χ1n) is 11.7. The number of sulfonamides is 1. The number of hydrogen-bond donors (Lipinski definition) is 1. The van der Waals surface area contributed by atoms with E-state index in [-0.39, 0.29) is 17.3 Å². The SMILES string of the molecule is COc1ccc(N(CC(=O)NCc2cccc(CN3CCCC3)c2)S(=O)(=O)c2ccccc2)cc1. The molecule has 0 saturated carbocycles. The molecule has 1 heterocycles. The van der Waals surface area contributed by atoms with E-state index in [0.717, 1.165) is 29.5 Å². The number of benzene rings is 3. The minimum Gasteiger partial charge on any atom is -0.497 e. The van der Waals surface area contributed by atoms with Gasteiger partial charge in [-0.25, -0.2) is 8.42 Å². The van der Waals surface area contributed by atoms with Gasteiger partial charge in [0.25, 0.3) is 10.0 Å². The molecular weight excluding hydrogens is 462 g/mol. The first kappa shape index (κ1) is 24.8. The molecule has 1 aliphatic rings. The maximum absolute atomic E-state index is 13.4. The Morgan fingerprint density at radius 1 is 0.943 bits per heavy atom. The normalized spacial score (nSPS) is 14.0. The van der Waals surface area contributed by atoms with Gasteiger partial charge in [-0.3, -0.25) is 14.0 Å². The minimum atomic E-state index is -3.95. The highest BCUT2D eigenvalue weighted by Gasteiger charge is 2.27. The second-order valence-corrected chi connectivity index (χ2v) is 10.5. The summed E-state index contributed by atoms with van der Waals surface area (Å²) in [6.07, 6.45) is 2.48. The monoisotopic (exact) mass is 493 g/mol. The molecule has 35 heavy (non-hydrogen) atoms. The summed E-state index contributed by atoms with van der Waals surface area (Å²) < 4.78 is 33.1. The van der Waals surface area contributed by atoms with E-state index in [0.29, 0.717) is 18.0 Å². The second-order valence-electron chi connectivity index (χ2n) is 8.60. The van der Waals surface area contributed by atoms with Gasteiger partial charge in [-0.2, -0.15) is 0 Å². The molecular formula is C27H31N3O4S. The number of nitrogens with one attached hydrogen (secondary N) is 1. The Bertz CT molecular complexity index is 1220. The summed E-state index contributed by atoms with van der Waals surface area (Å²) in [5, 5.41) is 2.88. The molecule has 7 nitrogen and oxygen atoms in total. The van der Waals surface area contributed by atoms with Crippen molar-refractivity contribution < 1.29 is 17.9 Å². The van der Waals surface area contributed by atoms with Crippen molar-refractivity contribution in [1.29, 1.82) is 0 Å². The average Bonchev–Trinajstić information content (AvgIpc) is 3.40. The van der Waals surface area contributed by atoms with Crippen LogP contribution in [0.4, 0.5) is 5.69 Å². The van der Waals surface area contributed by atoms with E-state index >= 15 is 0 Å². The van der Waals surface area contributed by atoms with Crippen LogP contribution in [0, 0.1) is 0 Å². The molecule has 3 aromatic carbocycles. The summed E-state index contributed by atoms with van der Waals surface area (Å²) in [5.41, 5.74) is 2.58. The van der Waals surface area contributed by atoms with E-state index in [9.17, 15) is 13.2 Å². The average molecular weight is 494 g/mol. The number of carbonyl (C=O) groups is 1. The molecule has 184 valence electrons. The fourth-order valence-corrected chi connectivity index (χ4v) is 5.65. The van der Waals surface area contributed by atoms with Crippen LogP contribution < -0.4 is 14.4 Å². The van der Waals surface area contributed by atoms with E-state index in [4.69, 9.17) is 4.74 Å². The van der Waals surface area contributed by atoms with Crippen molar-refractivity contribution in [2.24, 2.45) is 0 Å². The lowest BCUT2D eigenvalue weighted by Gasteiger charge is -2.24. The second kappa shape index (κ2) is 11.4. The van der Waals surface area contributed by atoms with E-state index in [2.05, 4.69) is 22.3 Å². The fourth-order valence-electron chi connectivity index (χ4n) is 4.21. The van der Waals surface area contributed by atoms with Gasteiger partial charge < -0.3 is 10.1 Å². The van der Waals surface area contributed by atoms with E-state index in [1.54, 1.807) is 49.6 Å². The molecule has 0 spiro atoms. The van der Waals surface area contributed by atoms with Crippen LogP contribution in [0.5, 0.6) is 5.75 Å². The molecule has 0 aliphatic carbocycles. The van der Waals surface area contributed by atoms with E-state index < -0.39 is 10.0 Å². The predicted octanol–water partition coefficient (Wildman–Crippen LogP) is 3.80. The van der Waals surface area contributed by atoms with Crippen LogP contribution in [0.25, 0.3) is 0 Å². The molecule has 0 atom stereocenters. The molecule has 1 amide bonds. The maximum Gasteiger partial charge on any atom is 0.264 e. The third-order valence-corrected chi connectivity index (χ3v) is 7.85. The minimum absolute atomic E-state index is 0.123. The zero-order chi connectivity index (χ0) is 24.7. The van der Waals surface area contributed by atoms with Crippen LogP contribution >= 0.6 is 0 Å². The highest BCUT2D eigenvalue weighted by atomic mass is 32.2. The van der Waals surface area contributed by atoms with Crippen LogP contribution in [0.3, 0.4) is 0 Å².